The lowest BCUT2D eigenvalue weighted by atomic mass is 9.98. The minimum Gasteiger partial charge on any atom is -0.382 e. The molecule has 0 aromatic heterocycles. The van der Waals surface area contributed by atoms with Crippen LogP contribution in [0.25, 0.3) is 0 Å². The van der Waals surface area contributed by atoms with E-state index in [0.717, 1.165) is 31.6 Å². The number of rotatable bonds is 9. The Morgan fingerprint density at radius 1 is 1.00 bits per heavy atom. The molecule has 35 heavy (non-hydrogen) atoms. The average molecular weight is 492 g/mol. The van der Waals surface area contributed by atoms with E-state index in [1.165, 1.54) is 11.1 Å². The topological polar surface area (TPSA) is 70.7 Å². The van der Waals surface area contributed by atoms with Crippen molar-refractivity contribution < 1.29 is 14.3 Å². The monoisotopic (exact) mass is 491 g/mol. The molecule has 1 aliphatic rings. The van der Waals surface area contributed by atoms with Crippen molar-refractivity contribution in [2.75, 3.05) is 36.5 Å². The lowest BCUT2D eigenvalue weighted by Crippen LogP contribution is -2.33. The fraction of sp³-hybridized carbons (Fsp3) is 0.286. The van der Waals surface area contributed by atoms with Crippen LogP contribution in [0.5, 0.6) is 0 Å². The number of ether oxygens (including phenoxy) is 1. The van der Waals surface area contributed by atoms with Gasteiger partial charge in [0.25, 0.3) is 11.8 Å². The molecular weight excluding hydrogens is 462 g/mol. The predicted octanol–water partition coefficient (Wildman–Crippen LogP) is 5.31. The summed E-state index contributed by atoms with van der Waals surface area (Å²) in [4.78, 5) is 28.2. The van der Waals surface area contributed by atoms with Crippen molar-refractivity contribution in [2.45, 2.75) is 26.3 Å². The van der Waals surface area contributed by atoms with Crippen LogP contribution in [0.1, 0.15) is 45.2 Å². The van der Waals surface area contributed by atoms with E-state index in [9.17, 15) is 9.59 Å². The van der Waals surface area contributed by atoms with Gasteiger partial charge in [0.2, 0.25) is 0 Å². The van der Waals surface area contributed by atoms with Gasteiger partial charge in [-0.3, -0.25) is 9.59 Å². The van der Waals surface area contributed by atoms with E-state index < -0.39 is 0 Å². The molecule has 0 spiro atoms. The fourth-order valence-electron chi connectivity index (χ4n) is 4.22. The normalized spacial score (nSPS) is 12.7. The highest BCUT2D eigenvalue weighted by Gasteiger charge is 2.22. The lowest BCUT2D eigenvalue weighted by molar-refractivity contribution is 0.0943. The van der Waals surface area contributed by atoms with Gasteiger partial charge in [0.1, 0.15) is 0 Å². The first-order valence-corrected chi connectivity index (χ1v) is 12.3. The molecule has 2 amide bonds. The Kier molecular flexibility index (Phi) is 8.40. The van der Waals surface area contributed by atoms with Crippen LogP contribution in [-0.2, 0) is 17.7 Å². The third kappa shape index (κ3) is 6.41. The number of carbonyl (C=O) groups excluding carboxylic acids is 2. The van der Waals surface area contributed by atoms with Gasteiger partial charge in [-0.2, -0.15) is 0 Å². The van der Waals surface area contributed by atoms with Crippen LogP contribution in [0.15, 0.2) is 66.7 Å². The second-order valence-corrected chi connectivity index (χ2v) is 8.88. The van der Waals surface area contributed by atoms with E-state index in [0.29, 0.717) is 41.6 Å². The Labute approximate surface area is 211 Å². The molecule has 6 nitrogen and oxygen atoms in total. The quantitative estimate of drug-likeness (QED) is 0.398. The van der Waals surface area contributed by atoms with Gasteiger partial charge in [-0.1, -0.05) is 41.9 Å². The van der Waals surface area contributed by atoms with Crippen molar-refractivity contribution in [3.63, 3.8) is 0 Å². The van der Waals surface area contributed by atoms with Crippen LogP contribution in [-0.4, -0.2) is 38.1 Å². The number of halogens is 1. The second kappa shape index (κ2) is 11.9. The molecule has 3 aromatic carbocycles. The van der Waals surface area contributed by atoms with Crippen molar-refractivity contribution in [3.05, 3.63) is 94.0 Å². The Hall–Kier alpha value is -3.35. The third-order valence-corrected chi connectivity index (χ3v) is 6.25. The van der Waals surface area contributed by atoms with Crippen molar-refractivity contribution in [2.24, 2.45) is 0 Å². The Morgan fingerprint density at radius 2 is 1.83 bits per heavy atom. The SMILES string of the molecule is CCOCCCNC(=O)c1cc(NC(=O)c2cccc(Cl)c2)ccc1N1CCc2ccccc2C1. The van der Waals surface area contributed by atoms with E-state index in [2.05, 4.69) is 33.7 Å². The standard InChI is InChI=1S/C28H30ClN3O3/c1-2-35-16-6-14-30-28(34)25-18-24(31-27(33)21-9-5-10-23(29)17-21)11-12-26(25)32-15-13-20-7-3-4-8-22(20)19-32/h3-5,7-12,17-18H,2,6,13-16,19H2,1H3,(H,30,34)(H,31,33). The summed E-state index contributed by atoms with van der Waals surface area (Å²) in [7, 11) is 0. The van der Waals surface area contributed by atoms with E-state index >= 15 is 0 Å². The van der Waals surface area contributed by atoms with Crippen molar-refractivity contribution >= 4 is 34.8 Å². The van der Waals surface area contributed by atoms with Gasteiger partial charge < -0.3 is 20.3 Å². The maximum Gasteiger partial charge on any atom is 0.255 e. The first kappa shape index (κ1) is 24.8. The van der Waals surface area contributed by atoms with Gasteiger partial charge in [0.15, 0.2) is 0 Å². The third-order valence-electron chi connectivity index (χ3n) is 6.01. The van der Waals surface area contributed by atoms with E-state index in [4.69, 9.17) is 16.3 Å². The molecule has 0 saturated carbocycles. The minimum atomic E-state index is -0.282. The Morgan fingerprint density at radius 3 is 2.63 bits per heavy atom. The zero-order chi connectivity index (χ0) is 24.6. The largest absolute Gasteiger partial charge is 0.382 e. The molecule has 4 rings (SSSR count). The summed E-state index contributed by atoms with van der Waals surface area (Å²) in [6.07, 6.45) is 1.65. The van der Waals surface area contributed by atoms with Crippen LogP contribution in [0.2, 0.25) is 5.02 Å². The maximum atomic E-state index is 13.2. The molecule has 0 unspecified atom stereocenters. The molecule has 0 atom stereocenters. The van der Waals surface area contributed by atoms with Gasteiger partial charge in [-0.25, -0.2) is 0 Å². The molecule has 1 heterocycles. The highest BCUT2D eigenvalue weighted by Crippen LogP contribution is 2.30. The van der Waals surface area contributed by atoms with Crippen LogP contribution in [0, 0.1) is 0 Å². The van der Waals surface area contributed by atoms with Gasteiger partial charge >= 0.3 is 0 Å². The van der Waals surface area contributed by atoms with Crippen molar-refractivity contribution in [1.29, 1.82) is 0 Å². The van der Waals surface area contributed by atoms with Crippen LogP contribution in [0.4, 0.5) is 11.4 Å². The van der Waals surface area contributed by atoms with E-state index in [1.54, 1.807) is 30.3 Å². The predicted molar refractivity (Wildman–Crippen MR) is 140 cm³/mol. The smallest absolute Gasteiger partial charge is 0.255 e. The van der Waals surface area contributed by atoms with Crippen molar-refractivity contribution in [3.8, 4) is 0 Å². The summed E-state index contributed by atoms with van der Waals surface area (Å²) in [5.74, 6) is -0.454. The number of fused-ring (bicyclic) bond motifs is 1. The highest BCUT2D eigenvalue weighted by atomic mass is 35.5. The second-order valence-electron chi connectivity index (χ2n) is 8.44. The summed E-state index contributed by atoms with van der Waals surface area (Å²) in [5.41, 5.74) is 5.00. The number of hydrogen-bond acceptors (Lipinski definition) is 4. The first-order chi connectivity index (χ1) is 17.0. The summed E-state index contributed by atoms with van der Waals surface area (Å²) >= 11 is 6.03. The molecule has 0 radical (unpaired) electrons. The van der Waals surface area contributed by atoms with Gasteiger partial charge in [0, 0.05) is 54.8 Å². The number of nitrogens with zero attached hydrogens (tertiary/aromatic N) is 1. The van der Waals surface area contributed by atoms with Crippen LogP contribution >= 0.6 is 11.6 Å². The molecular formula is C28H30ClN3O3. The zero-order valence-corrected chi connectivity index (χ0v) is 20.6. The van der Waals surface area contributed by atoms with E-state index in [1.807, 2.05) is 25.1 Å². The number of anilines is 2. The highest BCUT2D eigenvalue weighted by molar-refractivity contribution is 6.31. The molecule has 1 aliphatic heterocycles. The summed E-state index contributed by atoms with van der Waals surface area (Å²) < 4.78 is 5.37. The summed E-state index contributed by atoms with van der Waals surface area (Å²) in [6, 6.07) is 20.7. The first-order valence-electron chi connectivity index (χ1n) is 11.9. The van der Waals surface area contributed by atoms with E-state index in [-0.39, 0.29) is 11.8 Å². The molecule has 3 aromatic rings. The van der Waals surface area contributed by atoms with Gasteiger partial charge in [-0.05, 0) is 67.3 Å². The number of nitrogens with one attached hydrogen (secondary N) is 2. The van der Waals surface area contributed by atoms with Gasteiger partial charge in [0.05, 0.1) is 5.56 Å². The molecule has 2 N–H and O–H groups in total. The number of benzene rings is 3. The lowest BCUT2D eigenvalue weighted by Gasteiger charge is -2.32. The Balaban J connectivity index is 1.56. The number of amides is 2. The van der Waals surface area contributed by atoms with Crippen LogP contribution in [0.3, 0.4) is 0 Å². The summed E-state index contributed by atoms with van der Waals surface area (Å²) in [5, 5.41) is 6.39. The molecule has 182 valence electrons. The average Bonchev–Trinajstić information content (AvgIpc) is 2.88. The van der Waals surface area contributed by atoms with Crippen LogP contribution < -0.4 is 15.5 Å². The summed E-state index contributed by atoms with van der Waals surface area (Å²) in [6.45, 7) is 5.26. The van der Waals surface area contributed by atoms with Gasteiger partial charge in [-0.15, -0.1) is 0 Å². The fourth-order valence-corrected chi connectivity index (χ4v) is 4.41. The molecule has 0 fully saturated rings. The maximum absolute atomic E-state index is 13.2. The molecule has 0 bridgehead atoms. The number of carbonyl (C=O) groups is 2. The zero-order valence-electron chi connectivity index (χ0n) is 19.9. The Bertz CT molecular complexity index is 1200. The minimum absolute atomic E-state index is 0.172. The van der Waals surface area contributed by atoms with Crippen molar-refractivity contribution in [1.82, 2.24) is 5.32 Å². The molecule has 7 heteroatoms. The molecule has 0 aliphatic carbocycles. The number of hydrogen-bond donors (Lipinski definition) is 2. The molecule has 0 saturated heterocycles.